The first-order valence-corrected chi connectivity index (χ1v) is 8.24. The Morgan fingerprint density at radius 1 is 1.25 bits per heavy atom. The Labute approximate surface area is 122 Å². The highest BCUT2D eigenvalue weighted by molar-refractivity contribution is 5.20. The van der Waals surface area contributed by atoms with Gasteiger partial charge in [-0.1, -0.05) is 6.92 Å². The lowest BCUT2D eigenvalue weighted by Crippen LogP contribution is -2.24. The van der Waals surface area contributed by atoms with E-state index in [0.717, 1.165) is 36.6 Å². The maximum atomic E-state index is 6.06. The molecule has 3 heteroatoms. The summed E-state index contributed by atoms with van der Waals surface area (Å²) in [5, 5.41) is 3.54. The van der Waals surface area contributed by atoms with E-state index in [4.69, 9.17) is 4.42 Å². The normalized spacial score (nSPS) is 24.8. The Balaban J connectivity index is 1.54. The van der Waals surface area contributed by atoms with Crippen LogP contribution in [0.5, 0.6) is 0 Å². The third-order valence-corrected chi connectivity index (χ3v) is 4.69. The Kier molecular flexibility index (Phi) is 4.47. The Morgan fingerprint density at radius 2 is 2.10 bits per heavy atom. The molecule has 0 spiro atoms. The molecular weight excluding hydrogens is 248 g/mol. The number of rotatable bonds is 5. The fourth-order valence-corrected chi connectivity index (χ4v) is 3.07. The number of furan rings is 1. The predicted octanol–water partition coefficient (Wildman–Crippen LogP) is 3.46. The fourth-order valence-electron chi connectivity index (χ4n) is 3.07. The standard InChI is InChI=1S/C17H28N2O/c1-13-4-3-8-19(9-7-13)12-16-10-14(2)17(20-16)11-18-15-5-6-15/h10,13,15,18H,3-9,11-12H2,1-2H3. The zero-order valence-corrected chi connectivity index (χ0v) is 13.0. The van der Waals surface area contributed by atoms with E-state index in [9.17, 15) is 0 Å². The van der Waals surface area contributed by atoms with E-state index in [1.165, 1.54) is 50.8 Å². The molecule has 1 aromatic rings. The summed E-state index contributed by atoms with van der Waals surface area (Å²) in [7, 11) is 0. The van der Waals surface area contributed by atoms with Crippen LogP contribution in [0.25, 0.3) is 0 Å². The molecule has 3 rings (SSSR count). The number of hydrogen-bond acceptors (Lipinski definition) is 3. The van der Waals surface area contributed by atoms with E-state index in [-0.39, 0.29) is 0 Å². The zero-order valence-electron chi connectivity index (χ0n) is 13.0. The van der Waals surface area contributed by atoms with Gasteiger partial charge < -0.3 is 9.73 Å². The summed E-state index contributed by atoms with van der Waals surface area (Å²) in [4.78, 5) is 2.56. The SMILES string of the molecule is Cc1cc(CN2CCCC(C)CC2)oc1CNC1CC1. The van der Waals surface area contributed by atoms with Crippen molar-refractivity contribution in [2.45, 2.75) is 65.1 Å². The van der Waals surface area contributed by atoms with Gasteiger partial charge in [-0.2, -0.15) is 0 Å². The van der Waals surface area contributed by atoms with Crippen LogP contribution < -0.4 is 5.32 Å². The van der Waals surface area contributed by atoms with Gasteiger partial charge in [0.25, 0.3) is 0 Å². The summed E-state index contributed by atoms with van der Waals surface area (Å²) in [6.45, 7) is 8.87. The molecule has 20 heavy (non-hydrogen) atoms. The van der Waals surface area contributed by atoms with Crippen molar-refractivity contribution in [3.8, 4) is 0 Å². The number of nitrogens with zero attached hydrogens (tertiary/aromatic N) is 1. The van der Waals surface area contributed by atoms with Crippen LogP contribution in [-0.2, 0) is 13.1 Å². The smallest absolute Gasteiger partial charge is 0.120 e. The maximum Gasteiger partial charge on any atom is 0.120 e. The largest absolute Gasteiger partial charge is 0.463 e. The van der Waals surface area contributed by atoms with Gasteiger partial charge >= 0.3 is 0 Å². The topological polar surface area (TPSA) is 28.4 Å². The quantitative estimate of drug-likeness (QED) is 0.892. The fraction of sp³-hybridized carbons (Fsp3) is 0.765. The molecule has 1 aliphatic carbocycles. The highest BCUT2D eigenvalue weighted by Crippen LogP contribution is 2.23. The molecule has 2 aliphatic rings. The van der Waals surface area contributed by atoms with E-state index < -0.39 is 0 Å². The van der Waals surface area contributed by atoms with Crippen molar-refractivity contribution < 1.29 is 4.42 Å². The molecule has 0 bridgehead atoms. The van der Waals surface area contributed by atoms with Gasteiger partial charge in [0.05, 0.1) is 13.1 Å². The van der Waals surface area contributed by atoms with Crippen LogP contribution in [0.4, 0.5) is 0 Å². The van der Waals surface area contributed by atoms with E-state index in [0.29, 0.717) is 0 Å². The van der Waals surface area contributed by atoms with Crippen molar-refractivity contribution in [3.05, 3.63) is 23.2 Å². The number of nitrogens with one attached hydrogen (secondary N) is 1. The second-order valence-corrected chi connectivity index (χ2v) is 6.79. The van der Waals surface area contributed by atoms with Crippen LogP contribution in [0.15, 0.2) is 10.5 Å². The van der Waals surface area contributed by atoms with Crippen LogP contribution in [-0.4, -0.2) is 24.0 Å². The lowest BCUT2D eigenvalue weighted by molar-refractivity contribution is 0.247. The van der Waals surface area contributed by atoms with Gasteiger partial charge in [-0.15, -0.1) is 0 Å². The first kappa shape index (κ1) is 14.2. The Bertz CT molecular complexity index is 436. The van der Waals surface area contributed by atoms with Gasteiger partial charge in [-0.05, 0) is 69.7 Å². The average Bonchev–Trinajstić information content (AvgIpc) is 3.19. The van der Waals surface area contributed by atoms with Crippen LogP contribution in [0, 0.1) is 12.8 Å². The Hall–Kier alpha value is -0.800. The van der Waals surface area contributed by atoms with Crippen molar-refractivity contribution in [1.29, 1.82) is 0 Å². The second-order valence-electron chi connectivity index (χ2n) is 6.79. The molecule has 1 unspecified atom stereocenters. The van der Waals surface area contributed by atoms with Gasteiger partial charge in [0, 0.05) is 6.04 Å². The molecule has 3 nitrogen and oxygen atoms in total. The minimum absolute atomic E-state index is 0.745. The second kappa shape index (κ2) is 6.31. The molecule has 0 radical (unpaired) electrons. The molecule has 1 saturated heterocycles. The monoisotopic (exact) mass is 276 g/mol. The first-order valence-electron chi connectivity index (χ1n) is 8.24. The number of likely N-dealkylation sites (tertiary alicyclic amines) is 1. The summed E-state index contributed by atoms with van der Waals surface area (Å²) < 4.78 is 6.06. The van der Waals surface area contributed by atoms with Crippen molar-refractivity contribution in [2.24, 2.45) is 5.92 Å². The van der Waals surface area contributed by atoms with E-state index in [2.05, 4.69) is 30.1 Å². The van der Waals surface area contributed by atoms with Gasteiger partial charge in [-0.25, -0.2) is 0 Å². The molecular formula is C17H28N2O. The molecule has 0 amide bonds. The molecule has 2 heterocycles. The summed E-state index contributed by atoms with van der Waals surface area (Å²) in [5.41, 5.74) is 1.30. The molecule has 0 aromatic carbocycles. The van der Waals surface area contributed by atoms with Gasteiger partial charge in [0.1, 0.15) is 11.5 Å². The molecule has 1 saturated carbocycles. The third-order valence-electron chi connectivity index (χ3n) is 4.69. The van der Waals surface area contributed by atoms with Crippen LogP contribution in [0.2, 0.25) is 0 Å². The minimum atomic E-state index is 0.745. The summed E-state index contributed by atoms with van der Waals surface area (Å²) >= 11 is 0. The molecule has 1 aromatic heterocycles. The molecule has 1 atom stereocenters. The highest BCUT2D eigenvalue weighted by Gasteiger charge is 2.21. The maximum absolute atomic E-state index is 6.06. The lowest BCUT2D eigenvalue weighted by atomic mass is 10.0. The lowest BCUT2D eigenvalue weighted by Gasteiger charge is -2.18. The van der Waals surface area contributed by atoms with Gasteiger partial charge in [0.2, 0.25) is 0 Å². The predicted molar refractivity (Wildman–Crippen MR) is 81.6 cm³/mol. The number of aryl methyl sites for hydroxylation is 1. The first-order chi connectivity index (χ1) is 9.70. The van der Waals surface area contributed by atoms with Gasteiger partial charge in [-0.3, -0.25) is 4.90 Å². The van der Waals surface area contributed by atoms with Crippen molar-refractivity contribution in [2.75, 3.05) is 13.1 Å². The summed E-state index contributed by atoms with van der Waals surface area (Å²) in [6.07, 6.45) is 6.70. The minimum Gasteiger partial charge on any atom is -0.463 e. The molecule has 112 valence electrons. The third kappa shape index (κ3) is 3.86. The molecule has 1 aliphatic heterocycles. The van der Waals surface area contributed by atoms with E-state index in [1.54, 1.807) is 0 Å². The van der Waals surface area contributed by atoms with E-state index >= 15 is 0 Å². The van der Waals surface area contributed by atoms with Crippen LogP contribution in [0.3, 0.4) is 0 Å². The average molecular weight is 276 g/mol. The number of hydrogen-bond donors (Lipinski definition) is 1. The molecule has 2 fully saturated rings. The highest BCUT2D eigenvalue weighted by atomic mass is 16.3. The van der Waals surface area contributed by atoms with Crippen LogP contribution in [0.1, 0.15) is 56.1 Å². The van der Waals surface area contributed by atoms with Gasteiger partial charge in [0.15, 0.2) is 0 Å². The van der Waals surface area contributed by atoms with Crippen molar-refractivity contribution in [1.82, 2.24) is 10.2 Å². The van der Waals surface area contributed by atoms with Crippen molar-refractivity contribution in [3.63, 3.8) is 0 Å². The summed E-state index contributed by atoms with van der Waals surface area (Å²) in [6, 6.07) is 2.98. The Morgan fingerprint density at radius 3 is 2.90 bits per heavy atom. The molecule has 1 N–H and O–H groups in total. The van der Waals surface area contributed by atoms with Crippen LogP contribution >= 0.6 is 0 Å². The van der Waals surface area contributed by atoms with E-state index in [1.807, 2.05) is 0 Å². The van der Waals surface area contributed by atoms with Crippen molar-refractivity contribution >= 4 is 0 Å². The summed E-state index contributed by atoms with van der Waals surface area (Å²) in [5.74, 6) is 3.16. The zero-order chi connectivity index (χ0) is 13.9.